The molecule has 2 amide bonds. The van der Waals surface area contributed by atoms with Gasteiger partial charge in [-0.3, -0.25) is 9.59 Å². The molecule has 1 rings (SSSR count). The zero-order valence-electron chi connectivity index (χ0n) is 12.6. The second kappa shape index (κ2) is 6.52. The molecular weight excluding hydrogens is 256 g/mol. The summed E-state index contributed by atoms with van der Waals surface area (Å²) in [6, 6.07) is 7.02. The van der Waals surface area contributed by atoms with Crippen molar-refractivity contribution in [1.82, 2.24) is 0 Å². The van der Waals surface area contributed by atoms with E-state index in [4.69, 9.17) is 4.74 Å². The van der Waals surface area contributed by atoms with E-state index in [-0.39, 0.29) is 11.8 Å². The Bertz CT molecular complexity index is 492. The van der Waals surface area contributed by atoms with E-state index in [2.05, 4.69) is 10.6 Å². The average Bonchev–Trinajstić information content (AvgIpc) is 2.37. The number of anilines is 2. The minimum atomic E-state index is -0.525. The highest BCUT2D eigenvalue weighted by atomic mass is 16.5. The lowest BCUT2D eigenvalue weighted by Gasteiger charge is -2.18. The first-order valence-corrected chi connectivity index (χ1v) is 6.49. The zero-order chi connectivity index (χ0) is 15.3. The molecule has 1 aromatic carbocycles. The Kier molecular flexibility index (Phi) is 5.27. The number of amides is 2. The lowest BCUT2D eigenvalue weighted by atomic mass is 9.95. The number of hydrogen-bond acceptors (Lipinski definition) is 3. The molecule has 0 bridgehead atoms. The first-order valence-electron chi connectivity index (χ1n) is 6.49. The number of methoxy groups -OCH3 is 1. The van der Waals surface area contributed by atoms with Crippen LogP contribution in [-0.4, -0.2) is 25.0 Å². The van der Waals surface area contributed by atoms with Crippen LogP contribution in [0, 0.1) is 5.41 Å². The summed E-state index contributed by atoms with van der Waals surface area (Å²) in [5, 5.41) is 5.55. The van der Waals surface area contributed by atoms with Crippen LogP contribution in [0.4, 0.5) is 11.4 Å². The van der Waals surface area contributed by atoms with Gasteiger partial charge in [0.2, 0.25) is 5.91 Å². The van der Waals surface area contributed by atoms with E-state index in [1.54, 1.807) is 31.2 Å². The van der Waals surface area contributed by atoms with Crippen LogP contribution < -0.4 is 10.6 Å². The summed E-state index contributed by atoms with van der Waals surface area (Å²) >= 11 is 0. The predicted octanol–water partition coefficient (Wildman–Crippen LogP) is 2.64. The first-order chi connectivity index (χ1) is 9.24. The van der Waals surface area contributed by atoms with Gasteiger partial charge in [-0.15, -0.1) is 0 Å². The van der Waals surface area contributed by atoms with Crippen molar-refractivity contribution in [1.29, 1.82) is 0 Å². The van der Waals surface area contributed by atoms with Crippen molar-refractivity contribution < 1.29 is 14.3 Å². The van der Waals surface area contributed by atoms with Gasteiger partial charge < -0.3 is 15.4 Å². The second-order valence-electron chi connectivity index (χ2n) is 5.65. The van der Waals surface area contributed by atoms with Crippen molar-refractivity contribution in [3.05, 3.63) is 24.3 Å². The van der Waals surface area contributed by atoms with Gasteiger partial charge in [-0.25, -0.2) is 0 Å². The third-order valence-corrected chi connectivity index (χ3v) is 2.79. The van der Waals surface area contributed by atoms with Crippen LogP contribution in [0.2, 0.25) is 0 Å². The number of carbonyl (C=O) groups is 2. The van der Waals surface area contributed by atoms with Gasteiger partial charge in [0.15, 0.2) is 0 Å². The van der Waals surface area contributed by atoms with Crippen LogP contribution >= 0.6 is 0 Å². The fourth-order valence-electron chi connectivity index (χ4n) is 1.34. The number of hydrogen-bond donors (Lipinski definition) is 2. The van der Waals surface area contributed by atoms with Crippen LogP contribution in [0.1, 0.15) is 27.7 Å². The maximum Gasteiger partial charge on any atom is 0.253 e. The summed E-state index contributed by atoms with van der Waals surface area (Å²) in [5.74, 6) is -0.307. The average molecular weight is 278 g/mol. The quantitative estimate of drug-likeness (QED) is 0.889. The molecular formula is C15H22N2O3. The van der Waals surface area contributed by atoms with Gasteiger partial charge in [-0.1, -0.05) is 26.8 Å². The molecule has 0 aliphatic rings. The largest absolute Gasteiger partial charge is 0.372 e. The van der Waals surface area contributed by atoms with Gasteiger partial charge >= 0.3 is 0 Å². The molecule has 0 heterocycles. The second-order valence-corrected chi connectivity index (χ2v) is 5.65. The molecule has 1 unspecified atom stereocenters. The maximum atomic E-state index is 11.9. The summed E-state index contributed by atoms with van der Waals surface area (Å²) in [6.07, 6.45) is -0.525. The number of carbonyl (C=O) groups excluding carboxylic acids is 2. The Balaban J connectivity index is 2.76. The molecule has 0 saturated heterocycles. The molecule has 5 nitrogen and oxygen atoms in total. The molecule has 110 valence electrons. The van der Waals surface area contributed by atoms with Crippen molar-refractivity contribution in [3.63, 3.8) is 0 Å². The smallest absolute Gasteiger partial charge is 0.253 e. The molecule has 2 N–H and O–H groups in total. The highest BCUT2D eigenvalue weighted by molar-refractivity contribution is 5.97. The molecule has 20 heavy (non-hydrogen) atoms. The van der Waals surface area contributed by atoms with E-state index >= 15 is 0 Å². The third-order valence-electron chi connectivity index (χ3n) is 2.79. The molecule has 5 heteroatoms. The molecule has 0 aromatic heterocycles. The number of nitrogens with one attached hydrogen (secondary N) is 2. The molecule has 0 aliphatic carbocycles. The minimum absolute atomic E-state index is 0.0776. The number of rotatable bonds is 4. The molecule has 0 fully saturated rings. The SMILES string of the molecule is COC(C)C(=O)Nc1cccc(NC(=O)C(C)(C)C)c1. The number of benzene rings is 1. The number of ether oxygens (including phenoxy) is 1. The van der Waals surface area contributed by atoms with Gasteiger partial charge in [-0.2, -0.15) is 0 Å². The molecule has 1 aromatic rings. The fraction of sp³-hybridized carbons (Fsp3) is 0.467. The molecule has 0 saturated carbocycles. The van der Waals surface area contributed by atoms with Crippen LogP contribution in [0.3, 0.4) is 0 Å². The summed E-state index contributed by atoms with van der Waals surface area (Å²) in [6.45, 7) is 7.19. The van der Waals surface area contributed by atoms with Crippen molar-refractivity contribution in [2.45, 2.75) is 33.8 Å². The Morgan fingerprint density at radius 2 is 1.70 bits per heavy atom. The highest BCUT2D eigenvalue weighted by Gasteiger charge is 2.21. The molecule has 0 radical (unpaired) electrons. The van der Waals surface area contributed by atoms with E-state index in [9.17, 15) is 9.59 Å². The van der Waals surface area contributed by atoms with E-state index in [0.717, 1.165) is 0 Å². The molecule has 0 aliphatic heterocycles. The highest BCUT2D eigenvalue weighted by Crippen LogP contribution is 2.20. The normalized spacial score (nSPS) is 12.7. The van der Waals surface area contributed by atoms with Gasteiger partial charge in [0.1, 0.15) is 6.10 Å². The van der Waals surface area contributed by atoms with E-state index in [0.29, 0.717) is 11.4 Å². The van der Waals surface area contributed by atoms with E-state index in [1.165, 1.54) is 7.11 Å². The predicted molar refractivity (Wildman–Crippen MR) is 79.6 cm³/mol. The van der Waals surface area contributed by atoms with Crippen molar-refractivity contribution in [2.75, 3.05) is 17.7 Å². The van der Waals surface area contributed by atoms with Gasteiger partial charge in [0, 0.05) is 23.9 Å². The lowest BCUT2D eigenvalue weighted by molar-refractivity contribution is -0.124. The minimum Gasteiger partial charge on any atom is -0.372 e. The topological polar surface area (TPSA) is 67.4 Å². The third kappa shape index (κ3) is 4.66. The summed E-state index contributed by atoms with van der Waals surface area (Å²) in [5.41, 5.74) is 0.794. The van der Waals surface area contributed by atoms with Crippen molar-refractivity contribution in [3.8, 4) is 0 Å². The van der Waals surface area contributed by atoms with Crippen molar-refractivity contribution >= 4 is 23.2 Å². The fourth-order valence-corrected chi connectivity index (χ4v) is 1.34. The first kappa shape index (κ1) is 16.2. The zero-order valence-corrected chi connectivity index (χ0v) is 12.6. The summed E-state index contributed by atoms with van der Waals surface area (Å²) in [7, 11) is 1.48. The lowest BCUT2D eigenvalue weighted by Crippen LogP contribution is -2.28. The standard InChI is InChI=1S/C15H22N2O3/c1-10(20-5)13(18)16-11-7-6-8-12(9-11)17-14(19)15(2,3)4/h6-10H,1-5H3,(H,16,18)(H,17,19). The maximum absolute atomic E-state index is 11.9. The van der Waals surface area contributed by atoms with E-state index < -0.39 is 11.5 Å². The van der Waals surface area contributed by atoms with Gasteiger partial charge in [0.25, 0.3) is 5.91 Å². The summed E-state index contributed by atoms with van der Waals surface area (Å²) in [4.78, 5) is 23.6. The Morgan fingerprint density at radius 1 is 1.15 bits per heavy atom. The summed E-state index contributed by atoms with van der Waals surface area (Å²) < 4.78 is 4.94. The van der Waals surface area contributed by atoms with Gasteiger partial charge in [-0.05, 0) is 25.1 Å². The van der Waals surface area contributed by atoms with Crippen LogP contribution in [0.5, 0.6) is 0 Å². The Hall–Kier alpha value is -1.88. The Labute approximate surface area is 119 Å². The van der Waals surface area contributed by atoms with E-state index in [1.807, 2.05) is 20.8 Å². The van der Waals surface area contributed by atoms with Crippen molar-refractivity contribution in [2.24, 2.45) is 5.41 Å². The monoisotopic (exact) mass is 278 g/mol. The Morgan fingerprint density at radius 3 is 2.20 bits per heavy atom. The van der Waals surface area contributed by atoms with Crippen LogP contribution in [0.15, 0.2) is 24.3 Å². The van der Waals surface area contributed by atoms with Crippen LogP contribution in [-0.2, 0) is 14.3 Å². The molecule has 1 atom stereocenters. The van der Waals surface area contributed by atoms with Crippen LogP contribution in [0.25, 0.3) is 0 Å². The van der Waals surface area contributed by atoms with Gasteiger partial charge in [0.05, 0.1) is 0 Å². The molecule has 0 spiro atoms.